The number of nitrogens with one attached hydrogen (secondary N) is 2. The molecule has 3 N–H and O–H groups in total. The molecule has 1 unspecified atom stereocenters. The second kappa shape index (κ2) is 6.54. The zero-order valence-electron chi connectivity index (χ0n) is 15.0. The lowest BCUT2D eigenvalue weighted by Crippen LogP contribution is -2.47. The summed E-state index contributed by atoms with van der Waals surface area (Å²) in [5, 5.41) is 14.7. The number of amides is 2. The number of carbonyl (C=O) groups excluding carboxylic acids is 1. The molecule has 1 aromatic rings. The van der Waals surface area contributed by atoms with Crippen LogP contribution in [0.5, 0.6) is 0 Å². The van der Waals surface area contributed by atoms with Gasteiger partial charge in [-0.3, -0.25) is 9.78 Å². The van der Waals surface area contributed by atoms with Gasteiger partial charge >= 0.3 is 6.09 Å². The highest BCUT2D eigenvalue weighted by molar-refractivity contribution is 5.99. The van der Waals surface area contributed by atoms with Crippen LogP contribution in [0.15, 0.2) is 12.3 Å². The first kappa shape index (κ1) is 17.5. The predicted octanol–water partition coefficient (Wildman–Crippen LogP) is 2.15. The first-order chi connectivity index (χ1) is 11.8. The fourth-order valence-electron chi connectivity index (χ4n) is 3.51. The van der Waals surface area contributed by atoms with Crippen LogP contribution in [0.2, 0.25) is 0 Å². The summed E-state index contributed by atoms with van der Waals surface area (Å²) in [6, 6.07) is 2.07. The van der Waals surface area contributed by atoms with E-state index in [9.17, 15) is 9.59 Å². The monoisotopic (exact) mass is 346 g/mol. The molecule has 2 amide bonds. The van der Waals surface area contributed by atoms with Gasteiger partial charge < -0.3 is 20.6 Å². The topological polar surface area (TPSA) is 94.6 Å². The lowest BCUT2D eigenvalue weighted by molar-refractivity contribution is 0.0936. The molecule has 1 saturated heterocycles. The second-order valence-corrected chi connectivity index (χ2v) is 7.60. The van der Waals surface area contributed by atoms with Crippen molar-refractivity contribution in [2.45, 2.75) is 51.6 Å². The standard InChI is InChI=1S/C18H26N4O3/c1-11-8-15(22-7-6-18(3,10-22)21-17(24)25)14(9-19-11)16(23)20-12(2)13-4-5-13/h8-9,12-13,21H,4-7,10H2,1-3H3,(H,20,23)(H,24,25)/t12-,18?/m0/s1. The third-order valence-corrected chi connectivity index (χ3v) is 5.17. The summed E-state index contributed by atoms with van der Waals surface area (Å²) in [6.45, 7) is 7.05. The minimum Gasteiger partial charge on any atom is -0.465 e. The highest BCUT2D eigenvalue weighted by Gasteiger charge is 2.37. The molecule has 0 bridgehead atoms. The summed E-state index contributed by atoms with van der Waals surface area (Å²) in [4.78, 5) is 30.1. The van der Waals surface area contributed by atoms with Crippen LogP contribution in [0.4, 0.5) is 10.5 Å². The van der Waals surface area contributed by atoms with E-state index in [0.29, 0.717) is 31.0 Å². The minimum atomic E-state index is -1.02. The van der Waals surface area contributed by atoms with E-state index in [2.05, 4.69) is 20.5 Å². The van der Waals surface area contributed by atoms with Gasteiger partial charge in [0.15, 0.2) is 0 Å². The smallest absolute Gasteiger partial charge is 0.405 e. The summed E-state index contributed by atoms with van der Waals surface area (Å²) in [5.74, 6) is 0.474. The maximum atomic E-state index is 12.7. The third kappa shape index (κ3) is 4.03. The van der Waals surface area contributed by atoms with Crippen molar-refractivity contribution < 1.29 is 14.7 Å². The molecule has 25 heavy (non-hydrogen) atoms. The predicted molar refractivity (Wildman–Crippen MR) is 95.0 cm³/mol. The van der Waals surface area contributed by atoms with Gasteiger partial charge in [0.25, 0.3) is 5.91 Å². The Hall–Kier alpha value is -2.31. The van der Waals surface area contributed by atoms with Crippen LogP contribution < -0.4 is 15.5 Å². The lowest BCUT2D eigenvalue weighted by atomic mass is 10.0. The summed E-state index contributed by atoms with van der Waals surface area (Å²) < 4.78 is 0. The fraction of sp³-hybridized carbons (Fsp3) is 0.611. The van der Waals surface area contributed by atoms with E-state index >= 15 is 0 Å². The Morgan fingerprint density at radius 2 is 2.16 bits per heavy atom. The van der Waals surface area contributed by atoms with E-state index < -0.39 is 11.6 Å². The van der Waals surface area contributed by atoms with Crippen molar-refractivity contribution in [1.82, 2.24) is 15.6 Å². The molecule has 136 valence electrons. The Morgan fingerprint density at radius 1 is 1.44 bits per heavy atom. The van der Waals surface area contributed by atoms with Crippen LogP contribution >= 0.6 is 0 Å². The van der Waals surface area contributed by atoms with E-state index in [-0.39, 0.29) is 11.9 Å². The highest BCUT2D eigenvalue weighted by atomic mass is 16.4. The molecular formula is C18H26N4O3. The summed E-state index contributed by atoms with van der Waals surface area (Å²) in [5.41, 5.74) is 1.70. The number of rotatable bonds is 5. The number of pyridine rings is 1. The molecular weight excluding hydrogens is 320 g/mol. The van der Waals surface area contributed by atoms with Gasteiger partial charge in [-0.05, 0) is 52.0 Å². The number of nitrogens with zero attached hydrogens (tertiary/aromatic N) is 2. The minimum absolute atomic E-state index is 0.110. The first-order valence-electron chi connectivity index (χ1n) is 8.81. The molecule has 0 spiro atoms. The Kier molecular flexibility index (Phi) is 4.58. The van der Waals surface area contributed by atoms with Crippen LogP contribution in [0.3, 0.4) is 0 Å². The lowest BCUT2D eigenvalue weighted by Gasteiger charge is -2.27. The van der Waals surface area contributed by atoms with Crippen molar-refractivity contribution >= 4 is 17.7 Å². The molecule has 0 aromatic carbocycles. The second-order valence-electron chi connectivity index (χ2n) is 7.60. The number of carboxylic acid groups (broad SMARTS) is 1. The Morgan fingerprint density at radius 3 is 2.80 bits per heavy atom. The Balaban J connectivity index is 1.80. The number of aryl methyl sites for hydroxylation is 1. The summed E-state index contributed by atoms with van der Waals surface area (Å²) >= 11 is 0. The van der Waals surface area contributed by atoms with Gasteiger partial charge in [0.05, 0.1) is 16.8 Å². The molecule has 1 aliphatic heterocycles. The zero-order valence-corrected chi connectivity index (χ0v) is 15.0. The van der Waals surface area contributed by atoms with Crippen molar-refractivity contribution in [3.05, 3.63) is 23.5 Å². The van der Waals surface area contributed by atoms with Gasteiger partial charge in [-0.15, -0.1) is 0 Å². The van der Waals surface area contributed by atoms with Crippen molar-refractivity contribution in [3.8, 4) is 0 Å². The quantitative estimate of drug-likeness (QED) is 0.759. The van der Waals surface area contributed by atoms with E-state index in [1.54, 1.807) is 6.20 Å². The number of hydrogen-bond donors (Lipinski definition) is 3. The summed E-state index contributed by atoms with van der Waals surface area (Å²) in [6.07, 6.45) is 3.64. The van der Waals surface area contributed by atoms with Gasteiger partial charge in [0.1, 0.15) is 0 Å². The van der Waals surface area contributed by atoms with Crippen molar-refractivity contribution in [2.24, 2.45) is 5.92 Å². The van der Waals surface area contributed by atoms with Crippen LogP contribution in [0.25, 0.3) is 0 Å². The van der Waals surface area contributed by atoms with Crippen LogP contribution in [0.1, 0.15) is 49.2 Å². The maximum absolute atomic E-state index is 12.7. The van der Waals surface area contributed by atoms with Gasteiger partial charge in [0.2, 0.25) is 0 Å². The summed E-state index contributed by atoms with van der Waals surface area (Å²) in [7, 11) is 0. The van der Waals surface area contributed by atoms with Crippen molar-refractivity contribution in [2.75, 3.05) is 18.0 Å². The molecule has 3 rings (SSSR count). The largest absolute Gasteiger partial charge is 0.465 e. The van der Waals surface area contributed by atoms with Crippen molar-refractivity contribution in [3.63, 3.8) is 0 Å². The molecule has 0 radical (unpaired) electrons. The first-order valence-corrected chi connectivity index (χ1v) is 8.81. The molecule has 7 nitrogen and oxygen atoms in total. The Labute approximate surface area is 147 Å². The molecule has 1 saturated carbocycles. The van der Waals surface area contributed by atoms with E-state index in [1.165, 1.54) is 12.8 Å². The average Bonchev–Trinajstić information content (AvgIpc) is 3.30. The Bertz CT molecular complexity index is 689. The SMILES string of the molecule is Cc1cc(N2CCC(C)(NC(=O)O)C2)c(C(=O)N[C@@H](C)C2CC2)cn1. The molecule has 1 aliphatic carbocycles. The highest BCUT2D eigenvalue weighted by Crippen LogP contribution is 2.33. The van der Waals surface area contributed by atoms with E-state index in [1.807, 2.05) is 26.8 Å². The molecule has 1 aromatic heterocycles. The molecule has 2 atom stereocenters. The number of hydrogen-bond acceptors (Lipinski definition) is 4. The van der Waals surface area contributed by atoms with Gasteiger partial charge in [-0.2, -0.15) is 0 Å². The van der Waals surface area contributed by atoms with E-state index in [4.69, 9.17) is 5.11 Å². The van der Waals surface area contributed by atoms with Crippen LogP contribution in [-0.4, -0.2) is 46.8 Å². The normalized spacial score (nSPS) is 24.0. The number of carbonyl (C=O) groups is 2. The zero-order chi connectivity index (χ0) is 18.2. The average molecular weight is 346 g/mol. The maximum Gasteiger partial charge on any atom is 0.405 e. The molecule has 7 heteroatoms. The molecule has 2 heterocycles. The van der Waals surface area contributed by atoms with E-state index in [0.717, 1.165) is 11.4 Å². The van der Waals surface area contributed by atoms with Gasteiger partial charge in [-0.25, -0.2) is 4.79 Å². The van der Waals surface area contributed by atoms with Gasteiger partial charge in [0, 0.05) is 31.0 Å². The molecule has 2 aliphatic rings. The van der Waals surface area contributed by atoms with Crippen molar-refractivity contribution in [1.29, 1.82) is 0 Å². The molecule has 2 fully saturated rings. The van der Waals surface area contributed by atoms with Crippen LogP contribution in [-0.2, 0) is 0 Å². The van der Waals surface area contributed by atoms with Crippen LogP contribution in [0, 0.1) is 12.8 Å². The fourth-order valence-corrected chi connectivity index (χ4v) is 3.51. The number of aromatic nitrogens is 1. The number of anilines is 1. The third-order valence-electron chi connectivity index (χ3n) is 5.17. The van der Waals surface area contributed by atoms with Gasteiger partial charge in [-0.1, -0.05) is 0 Å².